The Bertz CT molecular complexity index is 1280. The van der Waals surface area contributed by atoms with E-state index in [2.05, 4.69) is 12.0 Å². The third-order valence-corrected chi connectivity index (χ3v) is 6.19. The minimum Gasteiger partial charge on any atom is -0.546 e. The summed E-state index contributed by atoms with van der Waals surface area (Å²) in [6.07, 6.45) is 4.03. The number of carbonyl (C=O) groups excluding carboxylic acids is 2. The molecule has 0 fully saturated rings. The van der Waals surface area contributed by atoms with Gasteiger partial charge in [-0.1, -0.05) is 68.1 Å². The third-order valence-electron chi connectivity index (χ3n) is 6.19. The molecule has 39 heavy (non-hydrogen) atoms. The second-order valence-electron chi connectivity index (χ2n) is 9.94. The molecule has 0 aliphatic carbocycles. The zero-order valence-corrected chi connectivity index (χ0v) is 25.6. The van der Waals surface area contributed by atoms with Crippen LogP contribution >= 0.6 is 0 Å². The van der Waals surface area contributed by atoms with Gasteiger partial charge >= 0.3 is 41.2 Å². The van der Waals surface area contributed by atoms with Crippen molar-refractivity contribution >= 4 is 11.9 Å². The van der Waals surface area contributed by atoms with E-state index in [0.717, 1.165) is 36.8 Å². The van der Waals surface area contributed by atoms with E-state index in [1.165, 1.54) is 18.5 Å². The van der Waals surface area contributed by atoms with Gasteiger partial charge in [-0.25, -0.2) is 9.48 Å². The Labute approximate surface area is 251 Å². The van der Waals surface area contributed by atoms with Crippen LogP contribution in [-0.2, 0) is 40.4 Å². The van der Waals surface area contributed by atoms with Crippen molar-refractivity contribution in [3.05, 3.63) is 81.5 Å². The first-order chi connectivity index (χ1) is 18.1. The summed E-state index contributed by atoms with van der Waals surface area (Å²) in [5, 5.41) is 15.6. The van der Waals surface area contributed by atoms with Gasteiger partial charge in [0.25, 0.3) is 0 Å². The van der Waals surface area contributed by atoms with Gasteiger partial charge in [0, 0.05) is 6.54 Å². The predicted molar refractivity (Wildman–Crippen MR) is 141 cm³/mol. The van der Waals surface area contributed by atoms with E-state index < -0.39 is 17.5 Å². The Hall–Kier alpha value is -2.88. The Morgan fingerprint density at radius 3 is 2.23 bits per heavy atom. The van der Waals surface area contributed by atoms with Crippen molar-refractivity contribution in [1.82, 2.24) is 14.3 Å². The summed E-state index contributed by atoms with van der Waals surface area (Å²) >= 11 is 0. The first-order valence-corrected chi connectivity index (χ1v) is 13.0. The molecule has 1 heterocycles. The minimum atomic E-state index is -1.48. The molecule has 3 aromatic rings. The van der Waals surface area contributed by atoms with Crippen LogP contribution in [0.5, 0.6) is 5.75 Å². The maximum atomic E-state index is 13.1. The van der Waals surface area contributed by atoms with Gasteiger partial charge in [-0.15, -0.1) is 0 Å². The molecule has 0 radical (unpaired) electrons. The summed E-state index contributed by atoms with van der Waals surface area (Å²) in [6, 6.07) is 14.4. The number of hydrogen-bond acceptors (Lipinski definition) is 7. The quantitative estimate of drug-likeness (QED) is 0.161. The molecule has 10 heteroatoms. The van der Waals surface area contributed by atoms with Gasteiger partial charge in [0.1, 0.15) is 11.4 Å². The third kappa shape index (κ3) is 9.67. The van der Waals surface area contributed by atoms with Crippen molar-refractivity contribution in [3.8, 4) is 5.75 Å². The Morgan fingerprint density at radius 1 is 0.974 bits per heavy atom. The van der Waals surface area contributed by atoms with E-state index in [-0.39, 0.29) is 48.3 Å². The summed E-state index contributed by atoms with van der Waals surface area (Å²) in [5.41, 5.74) is 1.08. The van der Waals surface area contributed by atoms with Crippen molar-refractivity contribution in [1.29, 1.82) is 0 Å². The molecule has 0 amide bonds. The van der Waals surface area contributed by atoms with Crippen LogP contribution in [0.2, 0.25) is 0 Å². The topological polar surface area (TPSA) is 115 Å². The molecule has 0 N–H and O–H groups in total. The molecule has 0 saturated carbocycles. The van der Waals surface area contributed by atoms with Crippen molar-refractivity contribution in [3.63, 3.8) is 0 Å². The number of unbranched alkanes of at least 4 members (excludes halogenated alkanes) is 3. The first-order valence-electron chi connectivity index (χ1n) is 13.0. The average Bonchev–Trinajstić information content (AvgIpc) is 3.17. The number of aryl methyl sites for hydroxylation is 1. The number of hydrogen-bond donors (Lipinski definition) is 0. The smallest absolute Gasteiger partial charge is 0.546 e. The molecule has 1 aromatic heterocycles. The molecule has 0 spiro atoms. The molecule has 0 bridgehead atoms. The minimum absolute atomic E-state index is 0. The van der Waals surface area contributed by atoms with E-state index >= 15 is 0 Å². The number of carboxylic acid groups (broad SMARTS) is 1. The monoisotopic (exact) mass is 545 g/mol. The predicted octanol–water partition coefficient (Wildman–Crippen LogP) is 0.179. The van der Waals surface area contributed by atoms with Crippen LogP contribution in [-0.4, -0.2) is 31.9 Å². The van der Waals surface area contributed by atoms with Crippen molar-refractivity contribution < 1.29 is 53.7 Å². The molecule has 9 nitrogen and oxygen atoms in total. The number of aliphatic carboxylic acids is 1. The van der Waals surface area contributed by atoms with Gasteiger partial charge in [0.15, 0.2) is 12.4 Å². The fourth-order valence-corrected chi connectivity index (χ4v) is 3.86. The zero-order chi connectivity index (χ0) is 27.7. The summed E-state index contributed by atoms with van der Waals surface area (Å²) in [5.74, 6) is -1.02. The van der Waals surface area contributed by atoms with Crippen molar-refractivity contribution in [2.24, 2.45) is 0 Å². The van der Waals surface area contributed by atoms with Crippen LogP contribution in [0.25, 0.3) is 0 Å². The van der Waals surface area contributed by atoms with Gasteiger partial charge in [-0.3, -0.25) is 9.36 Å². The van der Waals surface area contributed by atoms with Crippen LogP contribution in [0.1, 0.15) is 69.0 Å². The summed E-state index contributed by atoms with van der Waals surface area (Å²) in [6.45, 7) is 7.69. The molecule has 0 atom stereocenters. The molecule has 3 rings (SSSR count). The number of carboxylic acids is 1. The maximum absolute atomic E-state index is 13.1. The molecule has 0 saturated heterocycles. The molecular weight excluding hydrogens is 509 g/mol. The normalized spacial score (nSPS) is 11.1. The van der Waals surface area contributed by atoms with Crippen LogP contribution < -0.4 is 45.1 Å². The van der Waals surface area contributed by atoms with Crippen molar-refractivity contribution in [2.45, 2.75) is 85.1 Å². The second-order valence-corrected chi connectivity index (χ2v) is 9.94. The standard InChI is InChI=1S/C29H37N3O6.Na/c1-5-6-7-8-17-31-25(30-32(28(31)36)19-23-11-9-21(2)10-12-23)20-37-26(33)18-22-13-15-24(16-14-22)38-29(3,4)27(34)35;/h9-16H,5-8,17-20H2,1-4H3,(H,34,35);/q;+1/p-1. The second kappa shape index (κ2) is 15.1. The first kappa shape index (κ1) is 32.3. The Morgan fingerprint density at radius 2 is 1.62 bits per heavy atom. The Balaban J connectivity index is 0.00000533. The SMILES string of the molecule is CCCCCCn1c(COC(=O)Cc2ccc(OC(C)(C)C(=O)[O-])cc2)nn(Cc2ccc(C)cc2)c1=O.[Na+]. The molecule has 0 unspecified atom stereocenters. The average molecular weight is 546 g/mol. The van der Waals surface area contributed by atoms with E-state index in [4.69, 9.17) is 9.47 Å². The van der Waals surface area contributed by atoms with Crippen LogP contribution in [0.4, 0.5) is 0 Å². The van der Waals surface area contributed by atoms with E-state index in [1.807, 2.05) is 31.2 Å². The van der Waals surface area contributed by atoms with Crippen molar-refractivity contribution in [2.75, 3.05) is 0 Å². The summed E-state index contributed by atoms with van der Waals surface area (Å²) in [7, 11) is 0. The number of aromatic nitrogens is 3. The van der Waals surface area contributed by atoms with Gasteiger partial charge in [-0.05, 0) is 50.5 Å². The van der Waals surface area contributed by atoms with E-state index in [9.17, 15) is 19.5 Å². The molecule has 2 aromatic carbocycles. The van der Waals surface area contributed by atoms with Gasteiger partial charge in [0.05, 0.1) is 18.9 Å². The molecule has 204 valence electrons. The molecule has 0 aliphatic rings. The fraction of sp³-hybridized carbons (Fsp3) is 0.448. The number of ether oxygens (including phenoxy) is 2. The number of carbonyl (C=O) groups is 2. The van der Waals surface area contributed by atoms with E-state index in [1.54, 1.807) is 28.8 Å². The number of esters is 1. The van der Waals surface area contributed by atoms with Crippen LogP contribution in [0.3, 0.4) is 0 Å². The fourth-order valence-electron chi connectivity index (χ4n) is 3.86. The number of benzene rings is 2. The van der Waals surface area contributed by atoms with Crippen LogP contribution in [0.15, 0.2) is 53.3 Å². The molecule has 0 aliphatic heterocycles. The Kier molecular flexibility index (Phi) is 12.5. The largest absolute Gasteiger partial charge is 1.00 e. The van der Waals surface area contributed by atoms with Gasteiger partial charge < -0.3 is 19.4 Å². The maximum Gasteiger partial charge on any atom is 1.00 e. The van der Waals surface area contributed by atoms with E-state index in [0.29, 0.717) is 30.2 Å². The summed E-state index contributed by atoms with van der Waals surface area (Å²) in [4.78, 5) is 36.8. The van der Waals surface area contributed by atoms with Crippen LogP contribution in [0, 0.1) is 6.92 Å². The van der Waals surface area contributed by atoms with Gasteiger partial charge in [-0.2, -0.15) is 5.10 Å². The number of nitrogens with zero attached hydrogens (tertiary/aromatic N) is 3. The summed E-state index contributed by atoms with van der Waals surface area (Å²) < 4.78 is 13.9. The zero-order valence-electron chi connectivity index (χ0n) is 23.6. The van der Waals surface area contributed by atoms with Gasteiger partial charge in [0.2, 0.25) is 0 Å². The molecular formula is C29H36N3NaO6. The number of rotatable bonds is 14.